The molecule has 1 aliphatic carbocycles. The maximum atomic E-state index is 13.4. The fraction of sp³-hybridized carbons (Fsp3) is 0.571. The molecule has 4 amide bonds. The first-order valence-electron chi connectivity index (χ1n) is 10.1. The lowest BCUT2D eigenvalue weighted by Crippen LogP contribution is -2.51. The normalized spacial score (nSPS) is 28.0. The molecule has 3 aliphatic rings. The van der Waals surface area contributed by atoms with E-state index in [1.807, 2.05) is 17.0 Å². The standard InChI is InChI=1S/C21H27N3O4/c1-28-17-8-4-10-21(17)11-5-12-23(14-21)19(26)15-6-2-3-7-16(15)24-13-9-18(25)22-20(24)27/h2-3,6-7,17H,4-5,8-14H2,1H3,(H,22,25,27)/t17-,21-/m1/s1. The topological polar surface area (TPSA) is 79.0 Å². The number of anilines is 1. The van der Waals surface area contributed by atoms with Crippen LogP contribution in [0.2, 0.25) is 0 Å². The van der Waals surface area contributed by atoms with E-state index in [0.29, 0.717) is 17.8 Å². The van der Waals surface area contributed by atoms with Gasteiger partial charge < -0.3 is 9.64 Å². The molecule has 0 aromatic heterocycles. The van der Waals surface area contributed by atoms with Crippen molar-refractivity contribution in [2.24, 2.45) is 5.41 Å². The molecule has 2 atom stereocenters. The fourth-order valence-electron chi connectivity index (χ4n) is 5.13. The number of hydrogen-bond donors (Lipinski definition) is 1. The van der Waals surface area contributed by atoms with Crippen LogP contribution >= 0.6 is 0 Å². The number of nitrogens with one attached hydrogen (secondary N) is 1. The summed E-state index contributed by atoms with van der Waals surface area (Å²) in [7, 11) is 1.77. The van der Waals surface area contributed by atoms with Crippen LogP contribution in [0.4, 0.5) is 10.5 Å². The number of ether oxygens (including phenoxy) is 1. The minimum Gasteiger partial charge on any atom is -0.381 e. The third-order valence-corrected chi connectivity index (χ3v) is 6.48. The number of likely N-dealkylation sites (tertiary alicyclic amines) is 1. The van der Waals surface area contributed by atoms with Crippen LogP contribution in [-0.2, 0) is 9.53 Å². The van der Waals surface area contributed by atoms with Crippen molar-refractivity contribution >= 4 is 23.5 Å². The Hall–Kier alpha value is -2.41. The molecule has 0 bridgehead atoms. The lowest BCUT2D eigenvalue weighted by molar-refractivity contribution is -0.120. The predicted octanol–water partition coefficient (Wildman–Crippen LogP) is 2.55. The van der Waals surface area contributed by atoms with Gasteiger partial charge in [0.25, 0.3) is 5.91 Å². The minimum atomic E-state index is -0.471. The molecule has 3 fully saturated rings. The molecule has 0 unspecified atom stereocenters. The Kier molecular flexibility index (Phi) is 5.10. The Labute approximate surface area is 165 Å². The number of carbonyl (C=O) groups excluding carboxylic acids is 3. The van der Waals surface area contributed by atoms with Gasteiger partial charge >= 0.3 is 6.03 Å². The summed E-state index contributed by atoms with van der Waals surface area (Å²) in [4.78, 5) is 40.6. The van der Waals surface area contributed by atoms with Crippen LogP contribution in [0.3, 0.4) is 0 Å². The summed E-state index contributed by atoms with van der Waals surface area (Å²) in [5, 5.41) is 2.33. The van der Waals surface area contributed by atoms with Crippen molar-refractivity contribution in [3.63, 3.8) is 0 Å². The second-order valence-corrected chi connectivity index (χ2v) is 8.08. The zero-order chi connectivity index (χ0) is 19.7. The van der Waals surface area contributed by atoms with Crippen LogP contribution in [0, 0.1) is 5.41 Å². The molecule has 7 nitrogen and oxygen atoms in total. The molecule has 1 spiro atoms. The molecule has 2 saturated heterocycles. The maximum Gasteiger partial charge on any atom is 0.328 e. The zero-order valence-corrected chi connectivity index (χ0v) is 16.3. The van der Waals surface area contributed by atoms with Gasteiger partial charge in [-0.2, -0.15) is 0 Å². The van der Waals surface area contributed by atoms with Gasteiger partial charge in [0, 0.05) is 38.6 Å². The SMILES string of the molecule is CO[C@@H]1CCC[C@]12CCCN(C(=O)c1ccccc1N1CCC(=O)NC1=O)C2. The van der Waals surface area contributed by atoms with Gasteiger partial charge in [-0.15, -0.1) is 0 Å². The summed E-state index contributed by atoms with van der Waals surface area (Å²) in [6, 6.07) is 6.70. The van der Waals surface area contributed by atoms with E-state index >= 15 is 0 Å². The van der Waals surface area contributed by atoms with Crippen LogP contribution in [0.25, 0.3) is 0 Å². The molecular formula is C21H27N3O4. The highest BCUT2D eigenvalue weighted by Gasteiger charge is 2.47. The number of imide groups is 1. The van der Waals surface area contributed by atoms with Gasteiger partial charge in [-0.3, -0.25) is 19.8 Å². The van der Waals surface area contributed by atoms with E-state index in [2.05, 4.69) is 5.32 Å². The molecule has 1 N–H and O–H groups in total. The van der Waals surface area contributed by atoms with Crippen LogP contribution in [0.1, 0.15) is 48.9 Å². The molecule has 1 saturated carbocycles. The third kappa shape index (κ3) is 3.28. The number of urea groups is 1. The van der Waals surface area contributed by atoms with Crippen LogP contribution in [0.15, 0.2) is 24.3 Å². The van der Waals surface area contributed by atoms with Crippen molar-refractivity contribution in [3.05, 3.63) is 29.8 Å². The van der Waals surface area contributed by atoms with Crippen molar-refractivity contribution in [1.29, 1.82) is 0 Å². The smallest absolute Gasteiger partial charge is 0.328 e. The molecule has 1 aromatic rings. The summed E-state index contributed by atoms with van der Waals surface area (Å²) >= 11 is 0. The van der Waals surface area contributed by atoms with E-state index in [1.165, 1.54) is 4.90 Å². The summed E-state index contributed by atoms with van der Waals surface area (Å²) in [6.45, 7) is 1.70. The number of piperidine rings is 1. The van der Waals surface area contributed by atoms with Gasteiger partial charge in [-0.25, -0.2) is 4.79 Å². The Morgan fingerprint density at radius 1 is 1.18 bits per heavy atom. The van der Waals surface area contributed by atoms with Crippen LogP contribution < -0.4 is 10.2 Å². The maximum absolute atomic E-state index is 13.4. The second kappa shape index (κ2) is 7.54. The van der Waals surface area contributed by atoms with Crippen molar-refractivity contribution < 1.29 is 19.1 Å². The van der Waals surface area contributed by atoms with E-state index in [9.17, 15) is 14.4 Å². The summed E-state index contributed by atoms with van der Waals surface area (Å²) in [6.07, 6.45) is 5.78. The minimum absolute atomic E-state index is 0.0481. The lowest BCUT2D eigenvalue weighted by Gasteiger charge is -2.44. The van der Waals surface area contributed by atoms with Gasteiger partial charge in [0.1, 0.15) is 0 Å². The molecule has 7 heteroatoms. The van der Waals surface area contributed by atoms with Crippen LogP contribution in [0.5, 0.6) is 0 Å². The molecule has 28 heavy (non-hydrogen) atoms. The van der Waals surface area contributed by atoms with Gasteiger partial charge in [0.2, 0.25) is 5.91 Å². The number of para-hydroxylation sites is 1. The first-order valence-corrected chi connectivity index (χ1v) is 10.1. The van der Waals surface area contributed by atoms with Crippen molar-refractivity contribution in [3.8, 4) is 0 Å². The van der Waals surface area contributed by atoms with E-state index in [0.717, 1.165) is 38.6 Å². The van der Waals surface area contributed by atoms with E-state index in [1.54, 1.807) is 19.2 Å². The number of nitrogens with zero attached hydrogens (tertiary/aromatic N) is 2. The lowest BCUT2D eigenvalue weighted by atomic mass is 9.76. The Morgan fingerprint density at radius 3 is 2.75 bits per heavy atom. The number of amides is 4. The Bertz CT molecular complexity index is 796. The fourth-order valence-corrected chi connectivity index (χ4v) is 5.13. The monoisotopic (exact) mass is 385 g/mol. The van der Waals surface area contributed by atoms with E-state index in [4.69, 9.17) is 4.74 Å². The summed E-state index contributed by atoms with van der Waals surface area (Å²) in [5.74, 6) is -0.337. The summed E-state index contributed by atoms with van der Waals surface area (Å²) < 4.78 is 5.75. The van der Waals surface area contributed by atoms with Gasteiger partial charge in [-0.1, -0.05) is 18.6 Å². The largest absolute Gasteiger partial charge is 0.381 e. The number of benzene rings is 1. The quantitative estimate of drug-likeness (QED) is 0.867. The predicted molar refractivity (Wildman–Crippen MR) is 104 cm³/mol. The van der Waals surface area contributed by atoms with Crippen molar-refractivity contribution in [2.75, 3.05) is 31.6 Å². The number of carbonyl (C=O) groups is 3. The highest BCUT2D eigenvalue weighted by molar-refractivity contribution is 6.09. The number of rotatable bonds is 3. The number of hydrogen-bond acceptors (Lipinski definition) is 4. The highest BCUT2D eigenvalue weighted by atomic mass is 16.5. The van der Waals surface area contributed by atoms with Gasteiger partial charge in [0.05, 0.1) is 17.4 Å². The van der Waals surface area contributed by atoms with Gasteiger partial charge in [0.15, 0.2) is 0 Å². The first-order chi connectivity index (χ1) is 13.5. The Morgan fingerprint density at radius 2 is 1.96 bits per heavy atom. The second-order valence-electron chi connectivity index (χ2n) is 8.08. The molecule has 0 radical (unpaired) electrons. The van der Waals surface area contributed by atoms with Crippen molar-refractivity contribution in [1.82, 2.24) is 10.2 Å². The highest BCUT2D eigenvalue weighted by Crippen LogP contribution is 2.46. The average Bonchev–Trinajstić information content (AvgIpc) is 3.09. The Balaban J connectivity index is 1.59. The van der Waals surface area contributed by atoms with Gasteiger partial charge in [-0.05, 0) is 37.8 Å². The molecule has 2 aliphatic heterocycles. The molecular weight excluding hydrogens is 358 g/mol. The first kappa shape index (κ1) is 18.9. The third-order valence-electron chi connectivity index (χ3n) is 6.48. The van der Waals surface area contributed by atoms with Crippen molar-refractivity contribution in [2.45, 2.75) is 44.6 Å². The number of methoxy groups -OCH3 is 1. The van der Waals surface area contributed by atoms with E-state index < -0.39 is 6.03 Å². The molecule has 150 valence electrons. The van der Waals surface area contributed by atoms with Crippen LogP contribution in [-0.4, -0.2) is 55.6 Å². The zero-order valence-electron chi connectivity index (χ0n) is 16.3. The molecule has 4 rings (SSSR count). The molecule has 1 aromatic carbocycles. The summed E-state index contributed by atoms with van der Waals surface area (Å²) in [5.41, 5.74) is 1.12. The average molecular weight is 385 g/mol. The molecule has 2 heterocycles. The van der Waals surface area contributed by atoms with E-state index in [-0.39, 0.29) is 36.3 Å².